The van der Waals surface area contributed by atoms with E-state index in [1.54, 1.807) is 24.3 Å². The van der Waals surface area contributed by atoms with Crippen LogP contribution < -0.4 is 4.74 Å². The maximum Gasteiger partial charge on any atom is 0.123 e. The molecule has 4 heteroatoms. The maximum atomic E-state index is 13.9. The summed E-state index contributed by atoms with van der Waals surface area (Å²) in [6.45, 7) is 4.00. The number of hydrogen-bond acceptors (Lipinski definition) is 3. The van der Waals surface area contributed by atoms with E-state index in [1.165, 1.54) is 44.1 Å². The number of rotatable bonds is 8. The van der Waals surface area contributed by atoms with Gasteiger partial charge in [-0.2, -0.15) is 5.26 Å². The molecule has 0 radical (unpaired) electrons. The molecule has 0 spiro atoms. The van der Waals surface area contributed by atoms with Gasteiger partial charge in [0.1, 0.15) is 11.6 Å². The Balaban J connectivity index is 1.25. The first-order valence-electron chi connectivity index (χ1n) is 11.8. The van der Waals surface area contributed by atoms with Crippen LogP contribution in [-0.4, -0.2) is 31.1 Å². The van der Waals surface area contributed by atoms with E-state index < -0.39 is 0 Å². The molecule has 0 N–H and O–H groups in total. The highest BCUT2D eigenvalue weighted by Crippen LogP contribution is 2.45. The standard InChI is InChI=1S/C27H33FN2O/c28-25-8-3-7-24(19-25)27(22-5-1-2-6-22)23-13-16-30(17-14-23)15-4-18-31-26-11-9-21(20-29)10-12-26/h3,7-12,19,22-23,27H,1-2,4-6,13-18H2. The molecule has 0 aromatic heterocycles. The van der Waals surface area contributed by atoms with E-state index in [1.807, 2.05) is 18.2 Å². The summed E-state index contributed by atoms with van der Waals surface area (Å²) < 4.78 is 19.8. The molecule has 1 atom stereocenters. The van der Waals surface area contributed by atoms with Crippen molar-refractivity contribution in [1.29, 1.82) is 5.26 Å². The fourth-order valence-corrected chi connectivity index (χ4v) is 5.60. The second-order valence-corrected chi connectivity index (χ2v) is 9.14. The lowest BCUT2D eigenvalue weighted by Gasteiger charge is -2.39. The largest absolute Gasteiger partial charge is 0.494 e. The fraction of sp³-hybridized carbons (Fsp3) is 0.519. The van der Waals surface area contributed by atoms with Gasteiger partial charge in [-0.1, -0.05) is 25.0 Å². The lowest BCUT2D eigenvalue weighted by Crippen LogP contribution is -2.37. The summed E-state index contributed by atoms with van der Waals surface area (Å²) in [5, 5.41) is 8.87. The van der Waals surface area contributed by atoms with Gasteiger partial charge in [-0.3, -0.25) is 0 Å². The van der Waals surface area contributed by atoms with E-state index >= 15 is 0 Å². The molecule has 0 bridgehead atoms. The molecule has 1 aliphatic carbocycles. The van der Waals surface area contributed by atoms with Gasteiger partial charge in [0, 0.05) is 6.54 Å². The van der Waals surface area contributed by atoms with Gasteiger partial charge in [0.25, 0.3) is 0 Å². The van der Waals surface area contributed by atoms with E-state index in [0.717, 1.165) is 37.7 Å². The van der Waals surface area contributed by atoms with Gasteiger partial charge in [-0.15, -0.1) is 0 Å². The molecular formula is C27H33FN2O. The Hall–Kier alpha value is -2.38. The molecule has 1 saturated heterocycles. The fourth-order valence-electron chi connectivity index (χ4n) is 5.60. The number of likely N-dealkylation sites (tertiary alicyclic amines) is 1. The summed E-state index contributed by atoms with van der Waals surface area (Å²) in [5.41, 5.74) is 1.88. The maximum absolute atomic E-state index is 13.9. The number of hydrogen-bond donors (Lipinski definition) is 0. The summed E-state index contributed by atoms with van der Waals surface area (Å²) >= 11 is 0. The quantitative estimate of drug-likeness (QED) is 0.480. The van der Waals surface area contributed by atoms with Crippen molar-refractivity contribution in [3.05, 3.63) is 65.5 Å². The first-order valence-corrected chi connectivity index (χ1v) is 11.8. The molecule has 31 heavy (non-hydrogen) atoms. The molecular weight excluding hydrogens is 387 g/mol. The van der Waals surface area contributed by atoms with E-state index in [0.29, 0.717) is 24.0 Å². The summed E-state index contributed by atoms with van der Waals surface area (Å²) in [5.74, 6) is 2.63. The third-order valence-corrected chi connectivity index (χ3v) is 7.15. The topological polar surface area (TPSA) is 36.3 Å². The van der Waals surface area contributed by atoms with Crippen molar-refractivity contribution in [2.75, 3.05) is 26.2 Å². The Kier molecular flexibility index (Phi) is 7.59. The third-order valence-electron chi connectivity index (χ3n) is 7.15. The molecule has 2 aromatic rings. The number of benzene rings is 2. The molecule has 1 saturated carbocycles. The Morgan fingerprint density at radius 3 is 2.39 bits per heavy atom. The minimum absolute atomic E-state index is 0.0970. The van der Waals surface area contributed by atoms with Gasteiger partial charge < -0.3 is 9.64 Å². The van der Waals surface area contributed by atoms with Gasteiger partial charge in [0.15, 0.2) is 0 Å². The highest BCUT2D eigenvalue weighted by atomic mass is 19.1. The lowest BCUT2D eigenvalue weighted by molar-refractivity contribution is 0.142. The van der Waals surface area contributed by atoms with Crippen LogP contribution in [0.1, 0.15) is 62.0 Å². The van der Waals surface area contributed by atoms with Crippen molar-refractivity contribution in [2.45, 2.75) is 50.9 Å². The summed E-state index contributed by atoms with van der Waals surface area (Å²) in [7, 11) is 0. The summed E-state index contributed by atoms with van der Waals surface area (Å²) in [6.07, 6.45) is 8.66. The Morgan fingerprint density at radius 2 is 1.71 bits per heavy atom. The SMILES string of the molecule is N#Cc1ccc(OCCCN2CCC(C(c3cccc(F)c3)C3CCCC3)CC2)cc1. The van der Waals surface area contributed by atoms with Crippen LogP contribution in [0.3, 0.4) is 0 Å². The zero-order chi connectivity index (χ0) is 21.5. The molecule has 164 valence electrons. The predicted molar refractivity (Wildman–Crippen MR) is 122 cm³/mol. The molecule has 1 heterocycles. The minimum Gasteiger partial charge on any atom is -0.494 e. The summed E-state index contributed by atoms with van der Waals surface area (Å²) in [6, 6.07) is 16.8. The molecule has 3 nitrogen and oxygen atoms in total. The molecule has 0 amide bonds. The van der Waals surface area contributed by atoms with E-state index in [2.05, 4.69) is 17.0 Å². The van der Waals surface area contributed by atoms with Gasteiger partial charge in [-0.05, 0) is 105 Å². The average molecular weight is 421 g/mol. The number of halogens is 1. The Morgan fingerprint density at radius 1 is 1.00 bits per heavy atom. The first-order chi connectivity index (χ1) is 15.2. The van der Waals surface area contributed by atoms with Gasteiger partial charge >= 0.3 is 0 Å². The van der Waals surface area contributed by atoms with Crippen molar-refractivity contribution in [3.8, 4) is 11.8 Å². The highest BCUT2D eigenvalue weighted by Gasteiger charge is 2.34. The Bertz CT molecular complexity index is 862. The molecule has 4 rings (SSSR count). The summed E-state index contributed by atoms with van der Waals surface area (Å²) in [4.78, 5) is 2.55. The van der Waals surface area contributed by atoms with Crippen molar-refractivity contribution in [2.24, 2.45) is 11.8 Å². The van der Waals surface area contributed by atoms with Crippen LogP contribution >= 0.6 is 0 Å². The van der Waals surface area contributed by atoms with Crippen LogP contribution in [0.15, 0.2) is 48.5 Å². The predicted octanol–water partition coefficient (Wildman–Crippen LogP) is 6.15. The monoisotopic (exact) mass is 420 g/mol. The van der Waals surface area contributed by atoms with Crippen molar-refractivity contribution < 1.29 is 9.13 Å². The first kappa shape index (κ1) is 21.8. The number of nitrogens with zero attached hydrogens (tertiary/aromatic N) is 2. The van der Waals surface area contributed by atoms with E-state index in [9.17, 15) is 4.39 Å². The van der Waals surface area contributed by atoms with E-state index in [4.69, 9.17) is 10.00 Å². The highest BCUT2D eigenvalue weighted by molar-refractivity contribution is 5.34. The second-order valence-electron chi connectivity index (χ2n) is 9.14. The number of nitriles is 1. The molecule has 1 aliphatic heterocycles. The second kappa shape index (κ2) is 10.8. The zero-order valence-electron chi connectivity index (χ0n) is 18.3. The van der Waals surface area contributed by atoms with E-state index in [-0.39, 0.29) is 5.82 Å². The van der Waals surface area contributed by atoms with Crippen LogP contribution in [0.5, 0.6) is 5.75 Å². The molecule has 2 aliphatic rings. The lowest BCUT2D eigenvalue weighted by atomic mass is 9.72. The number of ether oxygens (including phenoxy) is 1. The third kappa shape index (κ3) is 5.86. The molecule has 2 aromatic carbocycles. The normalized spacial score (nSPS) is 19.2. The van der Waals surface area contributed by atoms with Gasteiger partial charge in [0.2, 0.25) is 0 Å². The van der Waals surface area contributed by atoms with Crippen molar-refractivity contribution in [3.63, 3.8) is 0 Å². The minimum atomic E-state index is -0.0970. The van der Waals surface area contributed by atoms with Gasteiger partial charge in [0.05, 0.1) is 18.2 Å². The van der Waals surface area contributed by atoms with Crippen molar-refractivity contribution in [1.82, 2.24) is 4.90 Å². The Labute approximate surface area is 185 Å². The van der Waals surface area contributed by atoms with Crippen LogP contribution in [-0.2, 0) is 0 Å². The van der Waals surface area contributed by atoms with Crippen LogP contribution in [0.2, 0.25) is 0 Å². The smallest absolute Gasteiger partial charge is 0.123 e. The molecule has 2 fully saturated rings. The van der Waals surface area contributed by atoms with Crippen LogP contribution in [0, 0.1) is 29.0 Å². The van der Waals surface area contributed by atoms with Crippen LogP contribution in [0.25, 0.3) is 0 Å². The number of piperidine rings is 1. The van der Waals surface area contributed by atoms with Crippen LogP contribution in [0.4, 0.5) is 4.39 Å². The molecule has 1 unspecified atom stereocenters. The van der Waals surface area contributed by atoms with Gasteiger partial charge in [-0.25, -0.2) is 4.39 Å². The van der Waals surface area contributed by atoms with Crippen molar-refractivity contribution >= 4 is 0 Å². The zero-order valence-corrected chi connectivity index (χ0v) is 18.3. The average Bonchev–Trinajstić information content (AvgIpc) is 3.33.